The molecule has 8 rings (SSSR count). The van der Waals surface area contributed by atoms with Crippen LogP contribution in [-0.4, -0.2) is 24.1 Å². The van der Waals surface area contributed by atoms with Crippen LogP contribution < -0.4 is 14.2 Å². The normalized spacial score (nSPS) is 13.4. The highest BCUT2D eigenvalue weighted by molar-refractivity contribution is 6.14. The Morgan fingerprint density at radius 1 is 0.426 bits per heavy atom. The fourth-order valence-electron chi connectivity index (χ4n) is 6.48. The fourth-order valence-corrected chi connectivity index (χ4v) is 6.48. The van der Waals surface area contributed by atoms with Gasteiger partial charge in [0.05, 0.1) is 6.21 Å². The minimum Gasteiger partial charge on any atom is -0.457 e. The molecule has 1 aliphatic heterocycles. The Kier molecular flexibility index (Phi) is 10.1. The summed E-state index contributed by atoms with van der Waals surface area (Å²) in [5.41, 5.74) is 9.63. The van der Waals surface area contributed by atoms with Crippen LogP contribution in [0.2, 0.25) is 0 Å². The maximum absolute atomic E-state index is 6.17. The first-order valence-electron chi connectivity index (χ1n) is 18.2. The van der Waals surface area contributed by atoms with Gasteiger partial charge in [0, 0.05) is 5.56 Å². The predicted molar refractivity (Wildman–Crippen MR) is 218 cm³/mol. The summed E-state index contributed by atoms with van der Waals surface area (Å²) in [6, 6.07) is 58.0. The Balaban J connectivity index is 0.805. The van der Waals surface area contributed by atoms with E-state index in [-0.39, 0.29) is 6.17 Å². The molecule has 0 N–H and O–H groups in total. The van der Waals surface area contributed by atoms with E-state index in [9.17, 15) is 0 Å². The van der Waals surface area contributed by atoms with Gasteiger partial charge in [-0.05, 0) is 138 Å². The molecule has 5 nitrogen and oxygen atoms in total. The largest absolute Gasteiger partial charge is 0.457 e. The highest BCUT2D eigenvalue weighted by Crippen LogP contribution is 2.30. The van der Waals surface area contributed by atoms with Crippen molar-refractivity contribution in [3.8, 4) is 45.6 Å². The summed E-state index contributed by atoms with van der Waals surface area (Å²) in [6.45, 7) is 2.11. The van der Waals surface area contributed by atoms with Crippen molar-refractivity contribution < 1.29 is 18.8 Å². The molecule has 1 aliphatic rings. The van der Waals surface area contributed by atoms with E-state index in [1.54, 1.807) is 0 Å². The lowest BCUT2D eigenvalue weighted by Gasteiger charge is -2.10. The van der Waals surface area contributed by atoms with Crippen molar-refractivity contribution in [2.45, 2.75) is 25.9 Å². The number of rotatable bonds is 12. The standard InChI is InChI=1S/C49H41N2O3/c1-35-3-5-36(6-4-35)33-37-7-19-43(20-8-37)52-46-25-13-40(14-26-46)41-15-27-47(28-16-41)53-44-21-9-38(10-22-44)34-39-11-23-45(24-12-39)54-48-29-17-42(18-30-48)49-50-31-32-51(49)2/h3-32,49H,33-34H2,1-2H3/q+1. The van der Waals surface area contributed by atoms with E-state index in [0.717, 1.165) is 64.0 Å². The number of aliphatic imine (C=N–C) groups is 1. The van der Waals surface area contributed by atoms with Crippen LogP contribution in [0.5, 0.6) is 34.5 Å². The third-order valence-electron chi connectivity index (χ3n) is 9.55. The molecule has 1 unspecified atom stereocenters. The second-order valence-electron chi connectivity index (χ2n) is 13.7. The summed E-state index contributed by atoms with van der Waals surface area (Å²) >= 11 is 0. The topological polar surface area (TPSA) is 43.1 Å². The summed E-state index contributed by atoms with van der Waals surface area (Å²) in [5, 5.41) is 0. The van der Waals surface area contributed by atoms with Crippen LogP contribution in [-0.2, 0) is 12.8 Å². The predicted octanol–water partition coefficient (Wildman–Crippen LogP) is 12.0. The van der Waals surface area contributed by atoms with Gasteiger partial charge in [0.15, 0.2) is 6.21 Å². The lowest BCUT2D eigenvalue weighted by atomic mass is 10.0. The third-order valence-corrected chi connectivity index (χ3v) is 9.55. The molecule has 0 saturated heterocycles. The maximum Gasteiger partial charge on any atom is 0.272 e. The van der Waals surface area contributed by atoms with E-state index in [0.29, 0.717) is 0 Å². The molecule has 7 aromatic carbocycles. The first-order chi connectivity index (χ1) is 26.5. The molecular formula is C49H41N2O3+. The minimum atomic E-state index is 0.0355. The summed E-state index contributed by atoms with van der Waals surface area (Å²) in [4.78, 5) is 4.49. The van der Waals surface area contributed by atoms with Gasteiger partial charge in [0.1, 0.15) is 41.5 Å². The van der Waals surface area contributed by atoms with Crippen molar-refractivity contribution in [2.75, 3.05) is 7.05 Å². The Morgan fingerprint density at radius 2 is 0.741 bits per heavy atom. The Morgan fingerprint density at radius 3 is 1.07 bits per heavy atom. The number of aryl methyl sites for hydroxylation is 1. The van der Waals surface area contributed by atoms with Gasteiger partial charge in [-0.3, -0.25) is 0 Å². The van der Waals surface area contributed by atoms with Gasteiger partial charge in [0.25, 0.3) is 6.17 Å². The molecule has 0 aliphatic carbocycles. The average molecular weight is 706 g/mol. The lowest BCUT2D eigenvalue weighted by molar-refractivity contribution is -0.533. The second-order valence-corrected chi connectivity index (χ2v) is 13.7. The first-order valence-corrected chi connectivity index (χ1v) is 18.2. The summed E-state index contributed by atoms with van der Waals surface area (Å²) in [5.74, 6) is 4.83. The van der Waals surface area contributed by atoms with Crippen molar-refractivity contribution in [2.24, 2.45) is 4.99 Å². The molecule has 1 atom stereocenters. The van der Waals surface area contributed by atoms with Crippen LogP contribution in [0.3, 0.4) is 0 Å². The van der Waals surface area contributed by atoms with E-state index < -0.39 is 0 Å². The first kappa shape index (κ1) is 34.4. The van der Waals surface area contributed by atoms with Gasteiger partial charge in [-0.25, -0.2) is 9.57 Å². The smallest absolute Gasteiger partial charge is 0.272 e. The van der Waals surface area contributed by atoms with Crippen LogP contribution in [0.4, 0.5) is 0 Å². The van der Waals surface area contributed by atoms with Gasteiger partial charge in [-0.1, -0.05) is 90.5 Å². The monoisotopic (exact) mass is 705 g/mol. The van der Waals surface area contributed by atoms with E-state index in [1.807, 2.05) is 92.3 Å². The Hall–Kier alpha value is -6.72. The molecule has 0 saturated carbocycles. The molecule has 0 bridgehead atoms. The van der Waals surface area contributed by atoms with Crippen molar-refractivity contribution in [1.29, 1.82) is 0 Å². The number of ether oxygens (including phenoxy) is 3. The minimum absolute atomic E-state index is 0.0355. The number of nitrogens with zero attached hydrogens (tertiary/aromatic N) is 2. The number of hydrogen-bond donors (Lipinski definition) is 0. The van der Waals surface area contributed by atoms with Crippen LogP contribution in [0.15, 0.2) is 175 Å². The van der Waals surface area contributed by atoms with Gasteiger partial charge >= 0.3 is 0 Å². The molecule has 0 amide bonds. The molecule has 1 heterocycles. The SMILES string of the molecule is Cc1ccc(Cc2ccc(Oc3ccc(-c4ccc(Oc5ccc(Cc6ccc(Oc7ccc(C8N=CC=[N+]8C)cc7)cc6)cc5)cc4)cc3)cc2)cc1. The van der Waals surface area contributed by atoms with Crippen LogP contribution in [0.1, 0.15) is 39.5 Å². The molecule has 264 valence electrons. The fraction of sp³-hybridized carbons (Fsp3) is 0.102. The molecule has 0 fully saturated rings. The van der Waals surface area contributed by atoms with Crippen molar-refractivity contribution >= 4 is 12.4 Å². The van der Waals surface area contributed by atoms with Crippen molar-refractivity contribution in [3.05, 3.63) is 203 Å². The Labute approximate surface area is 317 Å². The van der Waals surface area contributed by atoms with Crippen molar-refractivity contribution in [3.63, 3.8) is 0 Å². The summed E-state index contributed by atoms with van der Waals surface area (Å²) < 4.78 is 20.5. The van der Waals surface area contributed by atoms with Crippen LogP contribution in [0.25, 0.3) is 11.1 Å². The van der Waals surface area contributed by atoms with Gasteiger partial charge in [-0.15, -0.1) is 0 Å². The molecular weight excluding hydrogens is 665 g/mol. The van der Waals surface area contributed by atoms with Crippen LogP contribution in [0, 0.1) is 6.92 Å². The molecule has 5 heteroatoms. The highest BCUT2D eigenvalue weighted by atomic mass is 16.5. The van der Waals surface area contributed by atoms with Crippen molar-refractivity contribution in [1.82, 2.24) is 0 Å². The number of hydrogen-bond acceptors (Lipinski definition) is 4. The molecule has 0 aromatic heterocycles. The number of benzene rings is 7. The summed E-state index contributed by atoms with van der Waals surface area (Å²) in [7, 11) is 2.03. The van der Waals surface area contributed by atoms with Gasteiger partial charge in [-0.2, -0.15) is 0 Å². The zero-order chi connectivity index (χ0) is 36.7. The van der Waals surface area contributed by atoms with Crippen LogP contribution >= 0.6 is 0 Å². The van der Waals surface area contributed by atoms with Gasteiger partial charge in [0.2, 0.25) is 0 Å². The van der Waals surface area contributed by atoms with E-state index >= 15 is 0 Å². The zero-order valence-electron chi connectivity index (χ0n) is 30.4. The second kappa shape index (κ2) is 15.9. The molecule has 54 heavy (non-hydrogen) atoms. The lowest BCUT2D eigenvalue weighted by Crippen LogP contribution is -2.08. The van der Waals surface area contributed by atoms with E-state index in [4.69, 9.17) is 14.2 Å². The summed E-state index contributed by atoms with van der Waals surface area (Å²) in [6.07, 6.45) is 5.58. The Bertz CT molecular complexity index is 2360. The molecule has 0 radical (unpaired) electrons. The maximum atomic E-state index is 6.17. The third kappa shape index (κ3) is 8.66. The zero-order valence-corrected chi connectivity index (χ0v) is 30.4. The average Bonchev–Trinajstić information content (AvgIpc) is 3.64. The molecule has 0 spiro atoms. The quantitative estimate of drug-likeness (QED) is 0.119. The van der Waals surface area contributed by atoms with Gasteiger partial charge < -0.3 is 14.2 Å². The van der Waals surface area contributed by atoms with E-state index in [1.165, 1.54) is 27.8 Å². The van der Waals surface area contributed by atoms with E-state index in [2.05, 4.69) is 114 Å². The highest BCUT2D eigenvalue weighted by Gasteiger charge is 2.21. The molecule has 7 aromatic rings.